The molecular formula is C21H14ClFN4S. The van der Waals surface area contributed by atoms with Crippen LogP contribution in [-0.2, 0) is 0 Å². The molecule has 2 heterocycles. The summed E-state index contributed by atoms with van der Waals surface area (Å²) < 4.78 is 13.1. The number of aromatic nitrogens is 2. The molecule has 2 aromatic carbocycles. The normalized spacial score (nSPS) is 11.4. The molecule has 0 radical (unpaired) electrons. The summed E-state index contributed by atoms with van der Waals surface area (Å²) in [5.41, 5.74) is 6.90. The van der Waals surface area contributed by atoms with Crippen LogP contribution in [0.1, 0.15) is 11.3 Å². The standard InChI is InChI=1S/C21H14ClFN4S/c22-16-8-4-15(5-9-16)20(18-3-1-2-12-24-18)26-27-21-25-19(13-28-21)14-6-10-17(23)11-7-14/h1-13H,(H,25,27). The summed E-state index contributed by atoms with van der Waals surface area (Å²) in [4.78, 5) is 8.91. The minimum atomic E-state index is -0.273. The molecule has 4 aromatic rings. The molecule has 0 unspecified atom stereocenters. The number of halogens is 2. The first-order chi connectivity index (χ1) is 13.7. The van der Waals surface area contributed by atoms with Gasteiger partial charge in [0.1, 0.15) is 11.5 Å². The van der Waals surface area contributed by atoms with Crippen LogP contribution in [0.2, 0.25) is 5.02 Å². The van der Waals surface area contributed by atoms with E-state index in [4.69, 9.17) is 11.6 Å². The Bertz CT molecular complexity index is 1090. The maximum Gasteiger partial charge on any atom is 0.203 e. The zero-order valence-electron chi connectivity index (χ0n) is 14.5. The minimum Gasteiger partial charge on any atom is -0.255 e. The molecule has 1 N–H and O–H groups in total. The Labute approximate surface area is 170 Å². The average molecular weight is 409 g/mol. The molecule has 4 nitrogen and oxygen atoms in total. The van der Waals surface area contributed by atoms with Crippen LogP contribution in [0.5, 0.6) is 0 Å². The van der Waals surface area contributed by atoms with Gasteiger partial charge in [0, 0.05) is 27.7 Å². The van der Waals surface area contributed by atoms with Gasteiger partial charge >= 0.3 is 0 Å². The molecule has 4 rings (SSSR count). The highest BCUT2D eigenvalue weighted by Gasteiger charge is 2.10. The third-order valence-corrected chi connectivity index (χ3v) is 4.93. The zero-order valence-corrected chi connectivity index (χ0v) is 16.1. The summed E-state index contributed by atoms with van der Waals surface area (Å²) >= 11 is 7.42. The number of anilines is 1. The Hall–Kier alpha value is -3.09. The maximum atomic E-state index is 13.1. The molecule has 0 spiro atoms. The van der Waals surface area contributed by atoms with E-state index in [-0.39, 0.29) is 5.82 Å². The fourth-order valence-corrected chi connectivity index (χ4v) is 3.35. The van der Waals surface area contributed by atoms with Crippen LogP contribution in [0.4, 0.5) is 9.52 Å². The predicted molar refractivity (Wildman–Crippen MR) is 112 cm³/mol. The SMILES string of the molecule is Fc1ccc(-c2csc(NN=C(c3ccc(Cl)cc3)c3ccccn3)n2)cc1. The van der Waals surface area contributed by atoms with Crippen LogP contribution in [0, 0.1) is 5.82 Å². The summed E-state index contributed by atoms with van der Waals surface area (Å²) in [7, 11) is 0. The number of hydrogen-bond donors (Lipinski definition) is 1. The molecule has 0 aliphatic carbocycles. The summed E-state index contributed by atoms with van der Waals surface area (Å²) in [5.74, 6) is -0.273. The van der Waals surface area contributed by atoms with Gasteiger partial charge < -0.3 is 0 Å². The lowest BCUT2D eigenvalue weighted by molar-refractivity contribution is 0.628. The van der Waals surface area contributed by atoms with Crippen LogP contribution < -0.4 is 5.43 Å². The van der Waals surface area contributed by atoms with Gasteiger partial charge in [-0.25, -0.2) is 9.37 Å². The van der Waals surface area contributed by atoms with Crippen LogP contribution in [-0.4, -0.2) is 15.7 Å². The highest BCUT2D eigenvalue weighted by molar-refractivity contribution is 7.14. The second-order valence-electron chi connectivity index (χ2n) is 5.84. The first-order valence-electron chi connectivity index (χ1n) is 8.41. The van der Waals surface area contributed by atoms with Crippen LogP contribution >= 0.6 is 22.9 Å². The van der Waals surface area contributed by atoms with Crippen molar-refractivity contribution in [2.75, 3.05) is 5.43 Å². The number of thiazole rings is 1. The largest absolute Gasteiger partial charge is 0.255 e. The quantitative estimate of drug-likeness (QED) is 0.332. The van der Waals surface area contributed by atoms with Gasteiger partial charge in [-0.05, 0) is 48.5 Å². The average Bonchev–Trinajstić information content (AvgIpc) is 3.20. The third-order valence-electron chi connectivity index (χ3n) is 3.93. The first-order valence-corrected chi connectivity index (χ1v) is 9.67. The van der Waals surface area contributed by atoms with E-state index in [1.54, 1.807) is 18.3 Å². The molecule has 0 bridgehead atoms. The monoisotopic (exact) mass is 408 g/mol. The Morgan fingerprint density at radius 3 is 2.50 bits per heavy atom. The highest BCUT2D eigenvalue weighted by atomic mass is 35.5. The number of pyridine rings is 1. The van der Waals surface area contributed by atoms with Gasteiger partial charge in [-0.2, -0.15) is 5.10 Å². The number of hydrogen-bond acceptors (Lipinski definition) is 5. The van der Waals surface area contributed by atoms with Gasteiger partial charge in [0.2, 0.25) is 5.13 Å². The number of nitrogens with one attached hydrogen (secondary N) is 1. The van der Waals surface area contributed by atoms with Gasteiger partial charge in [0.05, 0.1) is 11.4 Å². The Balaban J connectivity index is 1.63. The molecule has 7 heteroatoms. The fourth-order valence-electron chi connectivity index (χ4n) is 2.56. The molecular weight excluding hydrogens is 395 g/mol. The van der Waals surface area contributed by atoms with Crippen LogP contribution in [0.25, 0.3) is 11.3 Å². The van der Waals surface area contributed by atoms with E-state index >= 15 is 0 Å². The zero-order chi connectivity index (χ0) is 19.3. The van der Waals surface area contributed by atoms with E-state index in [1.165, 1.54) is 23.5 Å². The Morgan fingerprint density at radius 1 is 1.00 bits per heavy atom. The summed E-state index contributed by atoms with van der Waals surface area (Å²) in [5, 5.41) is 7.71. The van der Waals surface area contributed by atoms with Gasteiger partial charge in [-0.3, -0.25) is 10.4 Å². The van der Waals surface area contributed by atoms with Gasteiger partial charge in [0.15, 0.2) is 0 Å². The number of hydrazone groups is 1. The molecule has 28 heavy (non-hydrogen) atoms. The Morgan fingerprint density at radius 2 is 1.79 bits per heavy atom. The predicted octanol–water partition coefficient (Wildman–Crippen LogP) is 5.86. The van der Waals surface area contributed by atoms with Crippen LogP contribution in [0.3, 0.4) is 0 Å². The van der Waals surface area contributed by atoms with Crippen molar-refractivity contribution in [1.29, 1.82) is 0 Å². The fraction of sp³-hybridized carbons (Fsp3) is 0. The molecule has 0 aliphatic heterocycles. The Kier molecular flexibility index (Phi) is 5.41. The van der Waals surface area contributed by atoms with Crippen molar-refractivity contribution in [1.82, 2.24) is 9.97 Å². The summed E-state index contributed by atoms with van der Waals surface area (Å²) in [6.07, 6.45) is 1.72. The van der Waals surface area contributed by atoms with Crippen molar-refractivity contribution in [3.05, 3.63) is 100 Å². The number of benzene rings is 2. The molecule has 0 fully saturated rings. The van der Waals surface area contributed by atoms with E-state index in [1.807, 2.05) is 47.8 Å². The van der Waals surface area contributed by atoms with E-state index in [0.717, 1.165) is 22.5 Å². The number of rotatable bonds is 5. The second-order valence-corrected chi connectivity index (χ2v) is 7.13. The summed E-state index contributed by atoms with van der Waals surface area (Å²) in [6.45, 7) is 0. The van der Waals surface area contributed by atoms with Crippen molar-refractivity contribution < 1.29 is 4.39 Å². The third kappa shape index (κ3) is 4.24. The maximum absolute atomic E-state index is 13.1. The van der Waals surface area contributed by atoms with Gasteiger partial charge in [0.25, 0.3) is 0 Å². The lowest BCUT2D eigenvalue weighted by Crippen LogP contribution is -2.08. The molecule has 0 saturated carbocycles. The first kappa shape index (κ1) is 18.3. The smallest absolute Gasteiger partial charge is 0.203 e. The van der Waals surface area contributed by atoms with Crippen molar-refractivity contribution >= 4 is 33.8 Å². The van der Waals surface area contributed by atoms with Gasteiger partial charge in [-0.15, -0.1) is 11.3 Å². The molecule has 0 saturated heterocycles. The molecule has 138 valence electrons. The summed E-state index contributed by atoms with van der Waals surface area (Å²) in [6, 6.07) is 19.3. The van der Waals surface area contributed by atoms with E-state index in [0.29, 0.717) is 15.9 Å². The second kappa shape index (κ2) is 8.29. The molecule has 2 aromatic heterocycles. The molecule has 0 aliphatic rings. The lowest BCUT2D eigenvalue weighted by Gasteiger charge is -2.06. The van der Waals surface area contributed by atoms with Crippen molar-refractivity contribution in [2.24, 2.45) is 5.10 Å². The lowest BCUT2D eigenvalue weighted by atomic mass is 10.1. The van der Waals surface area contributed by atoms with Crippen molar-refractivity contribution in [3.63, 3.8) is 0 Å². The minimum absolute atomic E-state index is 0.273. The van der Waals surface area contributed by atoms with Gasteiger partial charge in [-0.1, -0.05) is 29.8 Å². The molecule has 0 atom stereocenters. The van der Waals surface area contributed by atoms with Crippen LogP contribution in [0.15, 0.2) is 83.4 Å². The van der Waals surface area contributed by atoms with Crippen molar-refractivity contribution in [2.45, 2.75) is 0 Å². The topological polar surface area (TPSA) is 50.2 Å². The van der Waals surface area contributed by atoms with E-state index < -0.39 is 0 Å². The highest BCUT2D eigenvalue weighted by Crippen LogP contribution is 2.25. The van der Waals surface area contributed by atoms with E-state index in [9.17, 15) is 4.39 Å². The number of nitrogens with zero attached hydrogens (tertiary/aromatic N) is 3. The van der Waals surface area contributed by atoms with Crippen molar-refractivity contribution in [3.8, 4) is 11.3 Å². The molecule has 0 amide bonds. The van der Waals surface area contributed by atoms with E-state index in [2.05, 4.69) is 20.5 Å².